The van der Waals surface area contributed by atoms with Crippen LogP contribution in [0.15, 0.2) is 23.1 Å². The molecule has 0 radical (unpaired) electrons. The first-order valence-corrected chi connectivity index (χ1v) is 7.39. The number of benzene rings is 1. The molecule has 1 heterocycles. The minimum absolute atomic E-state index is 0.0935. The van der Waals surface area contributed by atoms with Gasteiger partial charge in [0, 0.05) is 18.2 Å². The molecule has 1 aliphatic heterocycles. The lowest BCUT2D eigenvalue weighted by Gasteiger charge is -2.32. The molecule has 0 amide bonds. The summed E-state index contributed by atoms with van der Waals surface area (Å²) in [4.78, 5) is 10.2. The Hall–Kier alpha value is -1.55. The van der Waals surface area contributed by atoms with Gasteiger partial charge in [-0.05, 0) is 13.0 Å². The number of rotatable bonds is 3. The molecule has 1 fully saturated rings. The van der Waals surface area contributed by atoms with Gasteiger partial charge >= 0.3 is 0 Å². The van der Waals surface area contributed by atoms with Crippen LogP contribution in [0.2, 0.25) is 0 Å². The highest BCUT2D eigenvalue weighted by Gasteiger charge is 2.34. The molecule has 1 aromatic rings. The van der Waals surface area contributed by atoms with Crippen molar-refractivity contribution in [2.24, 2.45) is 5.73 Å². The minimum Gasteiger partial charge on any atom is -0.377 e. The summed E-state index contributed by atoms with van der Waals surface area (Å²) in [5.74, 6) is 0. The molecule has 0 aliphatic carbocycles. The van der Waals surface area contributed by atoms with Crippen molar-refractivity contribution in [1.82, 2.24) is 4.31 Å². The van der Waals surface area contributed by atoms with Crippen LogP contribution in [0.5, 0.6) is 0 Å². The van der Waals surface area contributed by atoms with Gasteiger partial charge in [0.15, 0.2) is 0 Å². The van der Waals surface area contributed by atoms with Gasteiger partial charge in [-0.15, -0.1) is 0 Å². The normalized spacial score (nSPS) is 20.8. The number of nitro groups is 1. The quantitative estimate of drug-likeness (QED) is 0.630. The standard InChI is InChI=1S/C11H15N3O5S/c1-8-9(14(15)16)3-2-4-10(8)20(17,18)13-5-6-19-7-11(13)12/h2-4,11H,5-7,12H2,1H3. The first-order chi connectivity index (χ1) is 9.35. The maximum Gasteiger partial charge on any atom is 0.273 e. The molecular weight excluding hydrogens is 286 g/mol. The average Bonchev–Trinajstić information content (AvgIpc) is 2.38. The number of morpholine rings is 1. The number of nitrogens with zero attached hydrogens (tertiary/aromatic N) is 2. The third-order valence-corrected chi connectivity index (χ3v) is 5.22. The lowest BCUT2D eigenvalue weighted by Crippen LogP contribution is -2.53. The van der Waals surface area contributed by atoms with Crippen LogP contribution in [0.1, 0.15) is 5.56 Å². The number of nitro benzene ring substituents is 1. The maximum absolute atomic E-state index is 12.6. The van der Waals surface area contributed by atoms with Crippen molar-refractivity contribution < 1.29 is 18.1 Å². The Labute approximate surface area is 116 Å². The summed E-state index contributed by atoms with van der Waals surface area (Å²) < 4.78 is 31.3. The average molecular weight is 301 g/mol. The van der Waals surface area contributed by atoms with Crippen molar-refractivity contribution in [2.45, 2.75) is 18.0 Å². The van der Waals surface area contributed by atoms with E-state index in [1.54, 1.807) is 0 Å². The van der Waals surface area contributed by atoms with E-state index in [4.69, 9.17) is 10.5 Å². The second kappa shape index (κ2) is 5.44. The van der Waals surface area contributed by atoms with Crippen molar-refractivity contribution in [3.05, 3.63) is 33.9 Å². The minimum atomic E-state index is -3.87. The molecule has 1 saturated heterocycles. The van der Waals surface area contributed by atoms with Crippen molar-refractivity contribution in [2.75, 3.05) is 19.8 Å². The summed E-state index contributed by atoms with van der Waals surface area (Å²) >= 11 is 0. The van der Waals surface area contributed by atoms with Crippen LogP contribution in [0.3, 0.4) is 0 Å². The molecule has 0 saturated carbocycles. The smallest absolute Gasteiger partial charge is 0.273 e. The van der Waals surface area contributed by atoms with Crippen LogP contribution in [-0.4, -0.2) is 43.6 Å². The molecule has 2 N–H and O–H groups in total. The SMILES string of the molecule is Cc1c([N+](=O)[O-])cccc1S(=O)(=O)N1CCOCC1N. The highest BCUT2D eigenvalue weighted by Crippen LogP contribution is 2.28. The Kier molecular flexibility index (Phi) is 4.04. The van der Waals surface area contributed by atoms with E-state index < -0.39 is 21.1 Å². The summed E-state index contributed by atoms with van der Waals surface area (Å²) in [5.41, 5.74) is 5.62. The summed E-state index contributed by atoms with van der Waals surface area (Å²) in [6, 6.07) is 3.97. The molecular formula is C11H15N3O5S. The van der Waals surface area contributed by atoms with Crippen molar-refractivity contribution in [3.63, 3.8) is 0 Å². The van der Waals surface area contributed by atoms with E-state index in [9.17, 15) is 18.5 Å². The van der Waals surface area contributed by atoms with Gasteiger partial charge in [0.25, 0.3) is 5.69 Å². The molecule has 1 unspecified atom stereocenters. The topological polar surface area (TPSA) is 116 Å². The molecule has 1 atom stereocenters. The summed E-state index contributed by atoms with van der Waals surface area (Å²) in [7, 11) is -3.87. The van der Waals surface area contributed by atoms with E-state index in [0.29, 0.717) is 0 Å². The zero-order valence-corrected chi connectivity index (χ0v) is 11.7. The van der Waals surface area contributed by atoms with Crippen LogP contribution >= 0.6 is 0 Å². The zero-order chi connectivity index (χ0) is 14.9. The van der Waals surface area contributed by atoms with Gasteiger partial charge in [0.05, 0.1) is 29.2 Å². The summed E-state index contributed by atoms with van der Waals surface area (Å²) in [6.45, 7) is 1.90. The van der Waals surface area contributed by atoms with Gasteiger partial charge in [-0.1, -0.05) is 6.07 Å². The first kappa shape index (κ1) is 14.9. The molecule has 9 heteroatoms. The van der Waals surface area contributed by atoms with E-state index in [-0.39, 0.29) is 35.9 Å². The third kappa shape index (κ3) is 2.52. The van der Waals surface area contributed by atoms with Crippen LogP contribution < -0.4 is 5.73 Å². The molecule has 20 heavy (non-hydrogen) atoms. The van der Waals surface area contributed by atoms with Crippen molar-refractivity contribution >= 4 is 15.7 Å². The van der Waals surface area contributed by atoms with Crippen molar-refractivity contribution in [3.8, 4) is 0 Å². The molecule has 0 bridgehead atoms. The number of hydrogen-bond acceptors (Lipinski definition) is 6. The Morgan fingerprint density at radius 2 is 2.20 bits per heavy atom. The van der Waals surface area contributed by atoms with Gasteiger partial charge < -0.3 is 10.5 Å². The molecule has 110 valence electrons. The molecule has 2 rings (SSSR count). The third-order valence-electron chi connectivity index (χ3n) is 3.15. The van der Waals surface area contributed by atoms with E-state index in [2.05, 4.69) is 0 Å². The zero-order valence-electron chi connectivity index (χ0n) is 10.9. The van der Waals surface area contributed by atoms with Crippen LogP contribution in [0.4, 0.5) is 5.69 Å². The number of nitrogens with two attached hydrogens (primary N) is 1. The molecule has 0 aromatic heterocycles. The van der Waals surface area contributed by atoms with Crippen LogP contribution in [-0.2, 0) is 14.8 Å². The predicted octanol–water partition coefficient (Wildman–Crippen LogP) is 0.209. The Balaban J connectivity index is 2.49. The second-order valence-corrected chi connectivity index (χ2v) is 6.27. The predicted molar refractivity (Wildman–Crippen MR) is 70.5 cm³/mol. The van der Waals surface area contributed by atoms with E-state index in [0.717, 1.165) is 4.31 Å². The van der Waals surface area contributed by atoms with E-state index in [1.165, 1.54) is 25.1 Å². The van der Waals surface area contributed by atoms with E-state index >= 15 is 0 Å². The number of sulfonamides is 1. The maximum atomic E-state index is 12.6. The fourth-order valence-corrected chi connectivity index (χ4v) is 3.84. The molecule has 1 aliphatic rings. The second-order valence-electron chi connectivity index (χ2n) is 4.42. The molecule has 1 aromatic carbocycles. The van der Waals surface area contributed by atoms with Gasteiger partial charge in [-0.3, -0.25) is 10.1 Å². The van der Waals surface area contributed by atoms with Crippen LogP contribution in [0.25, 0.3) is 0 Å². The Morgan fingerprint density at radius 1 is 1.50 bits per heavy atom. The van der Waals surface area contributed by atoms with Crippen molar-refractivity contribution in [1.29, 1.82) is 0 Å². The monoisotopic (exact) mass is 301 g/mol. The molecule has 8 nitrogen and oxygen atoms in total. The fourth-order valence-electron chi connectivity index (χ4n) is 2.11. The van der Waals surface area contributed by atoms with Gasteiger partial charge in [0.1, 0.15) is 0 Å². The highest BCUT2D eigenvalue weighted by molar-refractivity contribution is 7.89. The largest absolute Gasteiger partial charge is 0.377 e. The van der Waals surface area contributed by atoms with Gasteiger partial charge in [-0.25, -0.2) is 8.42 Å². The van der Waals surface area contributed by atoms with Gasteiger partial charge in [0.2, 0.25) is 10.0 Å². The molecule has 0 spiro atoms. The Morgan fingerprint density at radius 3 is 2.80 bits per heavy atom. The lowest BCUT2D eigenvalue weighted by molar-refractivity contribution is -0.385. The number of hydrogen-bond donors (Lipinski definition) is 1. The number of ether oxygens (including phenoxy) is 1. The lowest BCUT2D eigenvalue weighted by atomic mass is 10.2. The van der Waals surface area contributed by atoms with E-state index in [1.807, 2.05) is 0 Å². The van der Waals surface area contributed by atoms with Crippen LogP contribution in [0, 0.1) is 17.0 Å². The summed E-state index contributed by atoms with van der Waals surface area (Å²) in [6.07, 6.45) is -0.785. The fraction of sp³-hybridized carbons (Fsp3) is 0.455. The first-order valence-electron chi connectivity index (χ1n) is 5.95. The Bertz CT molecular complexity index is 631. The summed E-state index contributed by atoms with van der Waals surface area (Å²) in [5, 5.41) is 10.9. The highest BCUT2D eigenvalue weighted by atomic mass is 32.2. The van der Waals surface area contributed by atoms with Gasteiger partial charge in [-0.2, -0.15) is 4.31 Å².